The van der Waals surface area contributed by atoms with E-state index in [2.05, 4.69) is 30.7 Å². The first-order valence-electron chi connectivity index (χ1n) is 11.5. The average Bonchev–Trinajstić information content (AvgIpc) is 3.41. The van der Waals surface area contributed by atoms with Crippen molar-refractivity contribution in [3.8, 4) is 11.1 Å². The number of aliphatic hydroxyl groups excluding tert-OH is 1. The SMILES string of the molecule is Cn1cc(-c2ccc(Nc3ccc(N4CCC(O)CC4)cn3)c3c2CNC3=O)c2ccnnc21. The molecule has 9 nitrogen and oxygen atoms in total. The van der Waals surface area contributed by atoms with Gasteiger partial charge in [0.15, 0.2) is 5.65 Å². The van der Waals surface area contributed by atoms with Gasteiger partial charge in [-0.05, 0) is 48.2 Å². The number of carbonyl (C=O) groups is 1. The maximum Gasteiger partial charge on any atom is 0.254 e. The summed E-state index contributed by atoms with van der Waals surface area (Å²) >= 11 is 0. The molecule has 0 radical (unpaired) electrons. The maximum absolute atomic E-state index is 12.8. The molecule has 0 aliphatic carbocycles. The number of anilines is 3. The number of rotatable bonds is 4. The topological polar surface area (TPSA) is 108 Å². The van der Waals surface area contributed by atoms with E-state index >= 15 is 0 Å². The van der Waals surface area contributed by atoms with E-state index < -0.39 is 0 Å². The van der Waals surface area contributed by atoms with Crippen molar-refractivity contribution in [2.24, 2.45) is 7.05 Å². The van der Waals surface area contributed by atoms with Gasteiger partial charge in [0.25, 0.3) is 5.91 Å². The third-order valence-corrected chi connectivity index (χ3v) is 6.74. The van der Waals surface area contributed by atoms with E-state index in [0.29, 0.717) is 17.9 Å². The maximum atomic E-state index is 12.8. The molecule has 0 bridgehead atoms. The van der Waals surface area contributed by atoms with Crippen molar-refractivity contribution in [3.05, 3.63) is 60.0 Å². The van der Waals surface area contributed by atoms with Crippen molar-refractivity contribution >= 4 is 34.1 Å². The lowest BCUT2D eigenvalue weighted by molar-refractivity contribution is 0.0966. The van der Waals surface area contributed by atoms with Crippen LogP contribution in [0.2, 0.25) is 0 Å². The molecule has 9 heteroatoms. The Kier molecular flexibility index (Phi) is 4.91. The summed E-state index contributed by atoms with van der Waals surface area (Å²) in [6, 6.07) is 9.89. The molecule has 0 saturated carbocycles. The van der Waals surface area contributed by atoms with Crippen LogP contribution in [0.5, 0.6) is 0 Å². The van der Waals surface area contributed by atoms with E-state index in [0.717, 1.165) is 65.0 Å². The molecule has 2 aliphatic heterocycles. The number of benzene rings is 1. The zero-order valence-corrected chi connectivity index (χ0v) is 18.8. The number of hydrogen-bond donors (Lipinski definition) is 3. The third kappa shape index (κ3) is 3.45. The predicted octanol–water partition coefficient (Wildman–Crippen LogP) is 2.98. The van der Waals surface area contributed by atoms with Crippen LogP contribution in [0.3, 0.4) is 0 Å². The first-order valence-corrected chi connectivity index (χ1v) is 11.5. The molecular weight excluding hydrogens is 430 g/mol. The molecule has 0 atom stereocenters. The van der Waals surface area contributed by atoms with Crippen molar-refractivity contribution in [2.45, 2.75) is 25.5 Å². The number of piperidine rings is 1. The van der Waals surface area contributed by atoms with Crippen LogP contribution >= 0.6 is 0 Å². The first kappa shape index (κ1) is 20.6. The summed E-state index contributed by atoms with van der Waals surface area (Å²) in [4.78, 5) is 19.6. The average molecular weight is 456 g/mol. The van der Waals surface area contributed by atoms with Gasteiger partial charge in [-0.15, -0.1) is 5.10 Å². The Labute approximate surface area is 196 Å². The zero-order valence-electron chi connectivity index (χ0n) is 18.8. The molecule has 0 unspecified atom stereocenters. The lowest BCUT2D eigenvalue weighted by atomic mass is 9.95. The molecule has 1 aromatic carbocycles. The smallest absolute Gasteiger partial charge is 0.254 e. The van der Waals surface area contributed by atoms with Gasteiger partial charge in [0.2, 0.25) is 0 Å². The number of fused-ring (bicyclic) bond motifs is 2. The lowest BCUT2D eigenvalue weighted by Crippen LogP contribution is -2.35. The van der Waals surface area contributed by atoms with Crippen molar-refractivity contribution in [1.29, 1.82) is 0 Å². The molecule has 1 fully saturated rings. The minimum Gasteiger partial charge on any atom is -0.393 e. The third-order valence-electron chi connectivity index (χ3n) is 6.74. The molecule has 3 aromatic heterocycles. The number of nitrogens with one attached hydrogen (secondary N) is 2. The Balaban J connectivity index is 1.32. The number of aliphatic hydroxyl groups is 1. The number of hydrogen-bond acceptors (Lipinski definition) is 7. The minimum atomic E-state index is -0.205. The Morgan fingerprint density at radius 3 is 2.76 bits per heavy atom. The van der Waals surface area contributed by atoms with Crippen LogP contribution in [0.1, 0.15) is 28.8 Å². The number of aryl methyl sites for hydroxylation is 1. The summed E-state index contributed by atoms with van der Waals surface area (Å²) in [6.07, 6.45) is 6.90. The van der Waals surface area contributed by atoms with E-state index in [1.54, 1.807) is 6.20 Å². The molecule has 0 spiro atoms. The highest BCUT2D eigenvalue weighted by atomic mass is 16.3. The van der Waals surface area contributed by atoms with Crippen LogP contribution < -0.4 is 15.5 Å². The number of nitrogens with zero attached hydrogens (tertiary/aromatic N) is 5. The van der Waals surface area contributed by atoms with Gasteiger partial charge >= 0.3 is 0 Å². The quantitative estimate of drug-likeness (QED) is 0.434. The molecule has 2 aliphatic rings. The molecule has 1 amide bonds. The van der Waals surface area contributed by atoms with Crippen molar-refractivity contribution < 1.29 is 9.90 Å². The van der Waals surface area contributed by atoms with Gasteiger partial charge in [0, 0.05) is 43.8 Å². The van der Waals surface area contributed by atoms with Crippen LogP contribution in [-0.2, 0) is 13.6 Å². The van der Waals surface area contributed by atoms with Crippen LogP contribution in [0.25, 0.3) is 22.2 Å². The zero-order chi connectivity index (χ0) is 23.2. The van der Waals surface area contributed by atoms with Gasteiger partial charge in [0.05, 0.1) is 35.4 Å². The highest BCUT2D eigenvalue weighted by molar-refractivity contribution is 6.07. The van der Waals surface area contributed by atoms with Gasteiger partial charge in [-0.25, -0.2) is 4.98 Å². The summed E-state index contributed by atoms with van der Waals surface area (Å²) in [7, 11) is 1.95. The summed E-state index contributed by atoms with van der Waals surface area (Å²) < 4.78 is 1.95. The second kappa shape index (κ2) is 8.11. The van der Waals surface area contributed by atoms with E-state index in [-0.39, 0.29) is 12.0 Å². The van der Waals surface area contributed by atoms with E-state index in [4.69, 9.17) is 0 Å². The molecule has 1 saturated heterocycles. The highest BCUT2D eigenvalue weighted by Gasteiger charge is 2.27. The van der Waals surface area contributed by atoms with Crippen LogP contribution in [0, 0.1) is 0 Å². The van der Waals surface area contributed by atoms with Crippen molar-refractivity contribution in [3.63, 3.8) is 0 Å². The Morgan fingerprint density at radius 1 is 1.12 bits per heavy atom. The Hall–Kier alpha value is -3.98. The fourth-order valence-electron chi connectivity index (χ4n) is 4.95. The van der Waals surface area contributed by atoms with Crippen LogP contribution in [0.4, 0.5) is 17.2 Å². The van der Waals surface area contributed by atoms with Crippen molar-refractivity contribution in [1.82, 2.24) is 25.1 Å². The fourth-order valence-corrected chi connectivity index (χ4v) is 4.95. The second-order valence-electron chi connectivity index (χ2n) is 8.86. The summed E-state index contributed by atoms with van der Waals surface area (Å²) in [6.45, 7) is 2.12. The van der Waals surface area contributed by atoms with Gasteiger partial charge in [-0.3, -0.25) is 4.79 Å². The largest absolute Gasteiger partial charge is 0.393 e. The highest BCUT2D eigenvalue weighted by Crippen LogP contribution is 2.38. The van der Waals surface area contributed by atoms with E-state index in [1.807, 2.05) is 54.3 Å². The van der Waals surface area contributed by atoms with Gasteiger partial charge in [-0.1, -0.05) is 6.07 Å². The molecular formula is C25H25N7O2. The van der Waals surface area contributed by atoms with Crippen LogP contribution in [-0.4, -0.2) is 50.0 Å². The molecule has 34 heavy (non-hydrogen) atoms. The monoisotopic (exact) mass is 455 g/mol. The van der Waals surface area contributed by atoms with Crippen molar-refractivity contribution in [2.75, 3.05) is 23.3 Å². The summed E-state index contributed by atoms with van der Waals surface area (Å²) in [5.74, 6) is 0.582. The summed E-state index contributed by atoms with van der Waals surface area (Å²) in [5.41, 5.74) is 6.22. The van der Waals surface area contributed by atoms with Gasteiger partial charge in [0.1, 0.15) is 5.82 Å². The number of carbonyl (C=O) groups excluding carboxylic acids is 1. The summed E-state index contributed by atoms with van der Waals surface area (Å²) in [5, 5.41) is 25.3. The molecule has 5 heterocycles. The van der Waals surface area contributed by atoms with E-state index in [9.17, 15) is 9.90 Å². The van der Waals surface area contributed by atoms with Crippen LogP contribution in [0.15, 0.2) is 48.9 Å². The molecule has 172 valence electrons. The molecule has 4 aromatic rings. The fraction of sp³-hybridized carbons (Fsp3) is 0.280. The molecule has 3 N–H and O–H groups in total. The first-order chi connectivity index (χ1) is 16.6. The second-order valence-corrected chi connectivity index (χ2v) is 8.86. The molecule has 6 rings (SSSR count). The predicted molar refractivity (Wildman–Crippen MR) is 130 cm³/mol. The number of pyridine rings is 1. The Morgan fingerprint density at radius 2 is 1.97 bits per heavy atom. The standard InChI is InChI=1S/C25H25N7O2/c1-31-14-20(18-6-9-28-30-24(18)31)17-3-4-21(23-19(17)13-27-25(23)34)29-22-5-2-15(12-26-22)32-10-7-16(33)8-11-32/h2-6,9,12,14,16,33H,7-8,10-11,13H2,1H3,(H,26,29)(H,27,34). The number of amides is 1. The minimum absolute atomic E-state index is 0.0946. The van der Waals surface area contributed by atoms with E-state index in [1.165, 1.54) is 0 Å². The number of aromatic nitrogens is 4. The normalized spacial score (nSPS) is 16.1. The Bertz CT molecular complexity index is 1390. The van der Waals surface area contributed by atoms with Gasteiger partial charge in [-0.2, -0.15) is 5.10 Å². The lowest BCUT2D eigenvalue weighted by Gasteiger charge is -2.31. The van der Waals surface area contributed by atoms with Gasteiger partial charge < -0.3 is 25.2 Å².